The van der Waals surface area contributed by atoms with Gasteiger partial charge in [0.2, 0.25) is 0 Å². The second-order valence-electron chi connectivity index (χ2n) is 4.67. The number of hydrogen-bond donors (Lipinski definition) is 1. The largest absolute Gasteiger partial charge is 0.493 e. The number of aliphatic carboxylic acids is 1. The lowest BCUT2D eigenvalue weighted by atomic mass is 9.85. The average molecular weight is 273 g/mol. The Hall–Kier alpha value is -1.42. The quantitative estimate of drug-likeness (QED) is 0.895. The average Bonchev–Trinajstić information content (AvgIpc) is 2.27. The number of carbonyl (C=O) groups is 1. The van der Waals surface area contributed by atoms with Gasteiger partial charge in [0.25, 0.3) is 0 Å². The third-order valence-electron chi connectivity index (χ3n) is 2.73. The van der Waals surface area contributed by atoms with Crippen LogP contribution < -0.4 is 9.47 Å². The highest BCUT2D eigenvalue weighted by Crippen LogP contribution is 2.37. The van der Waals surface area contributed by atoms with E-state index in [4.69, 9.17) is 26.2 Å². The van der Waals surface area contributed by atoms with Crippen LogP contribution in [-0.4, -0.2) is 25.3 Å². The predicted molar refractivity (Wildman–Crippen MR) is 69.7 cm³/mol. The van der Waals surface area contributed by atoms with Gasteiger partial charge in [0, 0.05) is 16.7 Å². The number of halogens is 1. The first-order chi connectivity index (χ1) is 8.31. The first-order valence-electron chi connectivity index (χ1n) is 5.45. The molecule has 0 amide bonds. The molecule has 1 aromatic rings. The van der Waals surface area contributed by atoms with Crippen LogP contribution in [-0.2, 0) is 11.2 Å². The molecule has 5 heteroatoms. The normalized spacial score (nSPS) is 11.2. The van der Waals surface area contributed by atoms with Gasteiger partial charge in [-0.3, -0.25) is 4.79 Å². The molecular formula is C13H17ClO4. The molecule has 0 bridgehead atoms. The zero-order valence-corrected chi connectivity index (χ0v) is 11.7. The summed E-state index contributed by atoms with van der Waals surface area (Å²) in [6.07, 6.45) is 0.308. The van der Waals surface area contributed by atoms with Crippen molar-refractivity contribution >= 4 is 17.6 Å². The number of carboxylic acid groups (broad SMARTS) is 1. The first-order valence-corrected chi connectivity index (χ1v) is 5.83. The van der Waals surface area contributed by atoms with E-state index < -0.39 is 11.4 Å². The SMILES string of the molecule is COc1cc(Cl)cc(CC(C)(C)C(=O)O)c1OC. The van der Waals surface area contributed by atoms with Crippen LogP contribution in [0.3, 0.4) is 0 Å². The Morgan fingerprint density at radius 2 is 1.94 bits per heavy atom. The molecule has 18 heavy (non-hydrogen) atoms. The Morgan fingerprint density at radius 3 is 2.39 bits per heavy atom. The van der Waals surface area contributed by atoms with Gasteiger partial charge in [-0.05, 0) is 26.3 Å². The van der Waals surface area contributed by atoms with Crippen molar-refractivity contribution in [2.75, 3.05) is 14.2 Å². The minimum absolute atomic E-state index is 0.308. The summed E-state index contributed by atoms with van der Waals surface area (Å²) in [6, 6.07) is 3.34. The Bertz CT molecular complexity index is 455. The molecule has 100 valence electrons. The number of hydrogen-bond acceptors (Lipinski definition) is 3. The standard InChI is InChI=1S/C13H17ClO4/c1-13(2,12(15)16)7-8-5-9(14)6-10(17-3)11(8)18-4/h5-6H,7H2,1-4H3,(H,15,16). The van der Waals surface area contributed by atoms with E-state index in [1.807, 2.05) is 0 Å². The smallest absolute Gasteiger partial charge is 0.309 e. The van der Waals surface area contributed by atoms with Gasteiger partial charge in [-0.1, -0.05) is 11.6 Å². The Balaban J connectivity index is 3.23. The molecule has 0 heterocycles. The zero-order chi connectivity index (χ0) is 13.9. The zero-order valence-electron chi connectivity index (χ0n) is 10.9. The third kappa shape index (κ3) is 3.07. The molecule has 0 atom stereocenters. The highest BCUT2D eigenvalue weighted by Gasteiger charge is 2.29. The fourth-order valence-corrected chi connectivity index (χ4v) is 1.92. The molecule has 0 saturated heterocycles. The maximum Gasteiger partial charge on any atom is 0.309 e. The van der Waals surface area contributed by atoms with E-state index >= 15 is 0 Å². The minimum atomic E-state index is -0.900. The summed E-state index contributed by atoms with van der Waals surface area (Å²) in [5.41, 5.74) is -0.183. The lowest BCUT2D eigenvalue weighted by Crippen LogP contribution is -2.26. The summed E-state index contributed by atoms with van der Waals surface area (Å²) in [6.45, 7) is 3.31. The fraction of sp³-hybridized carbons (Fsp3) is 0.462. The molecule has 4 nitrogen and oxygen atoms in total. The molecule has 0 fully saturated rings. The summed E-state index contributed by atoms with van der Waals surface area (Å²) in [4.78, 5) is 11.2. The van der Waals surface area contributed by atoms with Crippen LogP contribution in [0, 0.1) is 5.41 Å². The fourth-order valence-electron chi connectivity index (χ4n) is 1.69. The van der Waals surface area contributed by atoms with Crippen LogP contribution in [0.25, 0.3) is 0 Å². The summed E-state index contributed by atoms with van der Waals surface area (Å²) in [5.74, 6) is 0.154. The molecule has 1 N–H and O–H groups in total. The highest BCUT2D eigenvalue weighted by molar-refractivity contribution is 6.30. The van der Waals surface area contributed by atoms with Crippen molar-refractivity contribution in [3.63, 3.8) is 0 Å². The van der Waals surface area contributed by atoms with Crippen LogP contribution in [0.15, 0.2) is 12.1 Å². The van der Waals surface area contributed by atoms with E-state index in [-0.39, 0.29) is 0 Å². The summed E-state index contributed by atoms with van der Waals surface area (Å²) >= 11 is 5.98. The Labute approximate surface area is 111 Å². The molecule has 1 rings (SSSR count). The number of benzene rings is 1. The van der Waals surface area contributed by atoms with E-state index in [2.05, 4.69) is 0 Å². The number of methoxy groups -OCH3 is 2. The van der Waals surface area contributed by atoms with Gasteiger partial charge in [0.05, 0.1) is 19.6 Å². The molecule has 0 aromatic heterocycles. The van der Waals surface area contributed by atoms with Gasteiger partial charge in [-0.15, -0.1) is 0 Å². The van der Waals surface area contributed by atoms with Crippen molar-refractivity contribution in [3.05, 3.63) is 22.7 Å². The molecule has 0 aliphatic heterocycles. The van der Waals surface area contributed by atoms with Gasteiger partial charge in [0.15, 0.2) is 11.5 Å². The predicted octanol–water partition coefficient (Wildman–Crippen LogP) is 3.01. The molecule has 0 unspecified atom stereocenters. The van der Waals surface area contributed by atoms with E-state index in [1.165, 1.54) is 14.2 Å². The summed E-state index contributed by atoms with van der Waals surface area (Å²) in [5, 5.41) is 9.65. The monoisotopic (exact) mass is 272 g/mol. The molecule has 0 radical (unpaired) electrons. The van der Waals surface area contributed by atoms with E-state index in [0.29, 0.717) is 28.5 Å². The first kappa shape index (κ1) is 14.6. The topological polar surface area (TPSA) is 55.8 Å². The van der Waals surface area contributed by atoms with Crippen LogP contribution in [0.2, 0.25) is 5.02 Å². The van der Waals surface area contributed by atoms with Crippen LogP contribution in [0.5, 0.6) is 11.5 Å². The molecule has 1 aromatic carbocycles. The lowest BCUT2D eigenvalue weighted by molar-refractivity contribution is -0.146. The van der Waals surface area contributed by atoms with Crippen molar-refractivity contribution < 1.29 is 19.4 Å². The van der Waals surface area contributed by atoms with Gasteiger partial charge >= 0.3 is 5.97 Å². The lowest BCUT2D eigenvalue weighted by Gasteiger charge is -2.21. The Morgan fingerprint density at radius 1 is 1.33 bits per heavy atom. The van der Waals surface area contributed by atoms with E-state index in [1.54, 1.807) is 26.0 Å². The number of ether oxygens (including phenoxy) is 2. The van der Waals surface area contributed by atoms with Gasteiger partial charge in [0.1, 0.15) is 0 Å². The maximum atomic E-state index is 11.2. The van der Waals surface area contributed by atoms with E-state index in [9.17, 15) is 4.79 Å². The van der Waals surface area contributed by atoms with Gasteiger partial charge in [-0.2, -0.15) is 0 Å². The van der Waals surface area contributed by atoms with Crippen molar-refractivity contribution in [2.24, 2.45) is 5.41 Å². The number of rotatable bonds is 5. The second kappa shape index (κ2) is 5.48. The molecule has 0 aliphatic rings. The van der Waals surface area contributed by atoms with Gasteiger partial charge < -0.3 is 14.6 Å². The van der Waals surface area contributed by atoms with Crippen molar-refractivity contribution in [1.29, 1.82) is 0 Å². The molecule has 0 aliphatic carbocycles. The third-order valence-corrected chi connectivity index (χ3v) is 2.95. The highest BCUT2D eigenvalue weighted by atomic mass is 35.5. The van der Waals surface area contributed by atoms with Crippen LogP contribution in [0.4, 0.5) is 0 Å². The van der Waals surface area contributed by atoms with Crippen molar-refractivity contribution in [1.82, 2.24) is 0 Å². The van der Waals surface area contributed by atoms with E-state index in [0.717, 1.165) is 0 Å². The molecule has 0 saturated carbocycles. The number of carboxylic acids is 1. The summed E-state index contributed by atoms with van der Waals surface area (Å²) in [7, 11) is 3.03. The minimum Gasteiger partial charge on any atom is -0.493 e. The van der Waals surface area contributed by atoms with Crippen molar-refractivity contribution in [2.45, 2.75) is 20.3 Å². The second-order valence-corrected chi connectivity index (χ2v) is 5.10. The molecular weight excluding hydrogens is 256 g/mol. The van der Waals surface area contributed by atoms with Crippen molar-refractivity contribution in [3.8, 4) is 11.5 Å². The summed E-state index contributed by atoms with van der Waals surface area (Å²) < 4.78 is 10.4. The Kier molecular flexibility index (Phi) is 4.46. The maximum absolute atomic E-state index is 11.2. The van der Waals surface area contributed by atoms with Crippen LogP contribution in [0.1, 0.15) is 19.4 Å². The van der Waals surface area contributed by atoms with Gasteiger partial charge in [-0.25, -0.2) is 0 Å². The molecule has 0 spiro atoms. The van der Waals surface area contributed by atoms with Crippen LogP contribution >= 0.6 is 11.6 Å².